The zero-order chi connectivity index (χ0) is 21.5. The van der Waals surface area contributed by atoms with Gasteiger partial charge in [-0.2, -0.15) is 0 Å². The Morgan fingerprint density at radius 1 is 1.13 bits per heavy atom. The van der Waals surface area contributed by atoms with Crippen molar-refractivity contribution >= 4 is 5.97 Å². The number of carbonyl (C=O) groups is 1. The maximum Gasteiger partial charge on any atom is 0.338 e. The number of rotatable bonds is 5. The Bertz CT molecular complexity index is 1040. The summed E-state index contributed by atoms with van der Waals surface area (Å²) in [6, 6.07) is 7.74. The average Bonchev–Trinajstić information content (AvgIpc) is 3.19. The van der Waals surface area contributed by atoms with E-state index >= 15 is 0 Å². The van der Waals surface area contributed by atoms with E-state index in [1.165, 1.54) is 23.9 Å². The molecule has 0 bridgehead atoms. The van der Waals surface area contributed by atoms with E-state index < -0.39 is 47.5 Å². The van der Waals surface area contributed by atoms with Crippen molar-refractivity contribution in [1.29, 1.82) is 0 Å². The van der Waals surface area contributed by atoms with Gasteiger partial charge in [-0.1, -0.05) is 0 Å². The van der Waals surface area contributed by atoms with Gasteiger partial charge in [0.05, 0.1) is 12.7 Å². The zero-order valence-corrected chi connectivity index (χ0v) is 16.7. The molecule has 0 radical (unpaired) electrons. The highest BCUT2D eigenvalue weighted by Crippen LogP contribution is 2.42. The van der Waals surface area contributed by atoms with E-state index in [9.17, 15) is 14.4 Å². The number of ether oxygens (including phenoxy) is 5. The van der Waals surface area contributed by atoms with Crippen molar-refractivity contribution in [2.75, 3.05) is 13.7 Å². The molecular formula is C20H22N2O8. The molecule has 1 N–H and O–H groups in total. The molecule has 10 nitrogen and oxygen atoms in total. The predicted molar refractivity (Wildman–Crippen MR) is 102 cm³/mol. The standard InChI is InChI=1S/C20H22N2O8/c1-20(2)29-15-13(10-27-18(24)11-4-6-12(26-3)7-5-11)28-17(16(15)30-20)22-9-8-14(23)21-19(22)25/h4-9,13,15-17H,10H2,1-3H3,(H,21,23,25)/t13-,15-,16-,17-/m0/s1. The van der Waals surface area contributed by atoms with Crippen LogP contribution in [0.2, 0.25) is 0 Å². The number of methoxy groups -OCH3 is 1. The summed E-state index contributed by atoms with van der Waals surface area (Å²) < 4.78 is 29.5. The number of hydrogen-bond donors (Lipinski definition) is 1. The van der Waals surface area contributed by atoms with Crippen molar-refractivity contribution in [3.8, 4) is 5.75 Å². The fraction of sp³-hybridized carbons (Fsp3) is 0.450. The normalized spacial score (nSPS) is 26.9. The molecule has 4 atom stereocenters. The maximum absolute atomic E-state index is 12.4. The highest BCUT2D eigenvalue weighted by Gasteiger charge is 2.56. The van der Waals surface area contributed by atoms with Gasteiger partial charge in [-0.05, 0) is 38.1 Å². The van der Waals surface area contributed by atoms with E-state index in [-0.39, 0.29) is 6.61 Å². The molecule has 0 amide bonds. The van der Waals surface area contributed by atoms with Gasteiger partial charge in [-0.25, -0.2) is 9.59 Å². The topological polar surface area (TPSA) is 118 Å². The number of carbonyl (C=O) groups excluding carboxylic acids is 1. The molecule has 10 heteroatoms. The molecule has 30 heavy (non-hydrogen) atoms. The molecule has 0 unspecified atom stereocenters. The van der Waals surface area contributed by atoms with E-state index in [0.29, 0.717) is 11.3 Å². The largest absolute Gasteiger partial charge is 0.497 e. The third-order valence-electron chi connectivity index (χ3n) is 4.96. The lowest BCUT2D eigenvalue weighted by atomic mass is 10.1. The Morgan fingerprint density at radius 2 is 1.83 bits per heavy atom. The van der Waals surface area contributed by atoms with Crippen molar-refractivity contribution in [3.63, 3.8) is 0 Å². The molecule has 0 spiro atoms. The van der Waals surface area contributed by atoms with Crippen LogP contribution >= 0.6 is 0 Å². The molecule has 4 rings (SSSR count). The highest BCUT2D eigenvalue weighted by atomic mass is 16.8. The first-order valence-corrected chi connectivity index (χ1v) is 9.41. The molecule has 0 aliphatic carbocycles. The molecule has 2 aromatic rings. The van der Waals surface area contributed by atoms with Crippen LogP contribution in [0.1, 0.15) is 30.4 Å². The van der Waals surface area contributed by atoms with E-state index in [2.05, 4.69) is 4.98 Å². The Balaban J connectivity index is 1.51. The highest BCUT2D eigenvalue weighted by molar-refractivity contribution is 5.89. The predicted octanol–water partition coefficient (Wildman–Crippen LogP) is 0.820. The number of aromatic nitrogens is 2. The van der Waals surface area contributed by atoms with Crippen LogP contribution in [-0.2, 0) is 18.9 Å². The van der Waals surface area contributed by atoms with Gasteiger partial charge in [0.15, 0.2) is 12.0 Å². The molecule has 2 fully saturated rings. The van der Waals surface area contributed by atoms with Crippen LogP contribution in [0.3, 0.4) is 0 Å². The first-order valence-electron chi connectivity index (χ1n) is 9.41. The first-order chi connectivity index (χ1) is 14.3. The third kappa shape index (κ3) is 3.89. The lowest BCUT2D eigenvalue weighted by Gasteiger charge is -2.24. The summed E-state index contributed by atoms with van der Waals surface area (Å²) in [7, 11) is 1.54. The molecular weight excluding hydrogens is 396 g/mol. The van der Waals surface area contributed by atoms with Gasteiger partial charge in [0.25, 0.3) is 5.56 Å². The molecule has 1 aromatic carbocycles. The Hall–Kier alpha value is -2.95. The molecule has 2 saturated heterocycles. The van der Waals surface area contributed by atoms with Crippen LogP contribution < -0.4 is 16.0 Å². The molecule has 3 heterocycles. The van der Waals surface area contributed by atoms with Crippen LogP contribution in [0.15, 0.2) is 46.1 Å². The Morgan fingerprint density at radius 3 is 2.50 bits per heavy atom. The van der Waals surface area contributed by atoms with Gasteiger partial charge in [0.1, 0.15) is 30.7 Å². The van der Waals surface area contributed by atoms with Crippen molar-refractivity contribution in [2.24, 2.45) is 0 Å². The molecule has 0 saturated carbocycles. The number of nitrogens with zero attached hydrogens (tertiary/aromatic N) is 1. The molecule has 1 aromatic heterocycles. The van der Waals surface area contributed by atoms with Gasteiger partial charge < -0.3 is 23.7 Å². The smallest absolute Gasteiger partial charge is 0.338 e. The van der Waals surface area contributed by atoms with Crippen LogP contribution in [0.5, 0.6) is 5.75 Å². The number of fused-ring (bicyclic) bond motifs is 1. The second-order valence-electron chi connectivity index (χ2n) is 7.47. The maximum atomic E-state index is 12.4. The van der Waals surface area contributed by atoms with Crippen molar-refractivity contribution < 1.29 is 28.5 Å². The van der Waals surface area contributed by atoms with Crippen LogP contribution in [0.25, 0.3) is 0 Å². The molecule has 2 aliphatic rings. The second kappa shape index (κ2) is 7.71. The number of nitrogens with one attached hydrogen (secondary N) is 1. The summed E-state index contributed by atoms with van der Waals surface area (Å²) in [5.74, 6) is -0.802. The minimum atomic E-state index is -0.901. The number of hydrogen-bond acceptors (Lipinski definition) is 8. The SMILES string of the molecule is COc1ccc(C(=O)OC[C@@H]2O[C@H](n3ccc(=O)[nH]c3=O)[C@H]3OC(C)(C)O[C@H]32)cc1. The second-order valence-corrected chi connectivity index (χ2v) is 7.47. The van der Waals surface area contributed by atoms with Crippen molar-refractivity contribution in [2.45, 2.75) is 44.2 Å². The minimum Gasteiger partial charge on any atom is -0.497 e. The summed E-state index contributed by atoms with van der Waals surface area (Å²) in [6.07, 6.45) is -1.35. The lowest BCUT2D eigenvalue weighted by molar-refractivity contribution is -0.200. The van der Waals surface area contributed by atoms with Gasteiger partial charge in [0, 0.05) is 12.3 Å². The van der Waals surface area contributed by atoms with Crippen LogP contribution in [0.4, 0.5) is 0 Å². The van der Waals surface area contributed by atoms with Gasteiger partial charge >= 0.3 is 11.7 Å². The monoisotopic (exact) mass is 418 g/mol. The zero-order valence-electron chi connectivity index (χ0n) is 16.7. The van der Waals surface area contributed by atoms with E-state index in [0.717, 1.165) is 0 Å². The van der Waals surface area contributed by atoms with Crippen molar-refractivity contribution in [1.82, 2.24) is 9.55 Å². The summed E-state index contributed by atoms with van der Waals surface area (Å²) in [5, 5.41) is 0. The number of esters is 1. The van der Waals surface area contributed by atoms with Crippen molar-refractivity contribution in [3.05, 3.63) is 62.9 Å². The van der Waals surface area contributed by atoms with Gasteiger partial charge in [-0.15, -0.1) is 0 Å². The summed E-state index contributed by atoms with van der Waals surface area (Å²) in [6.45, 7) is 3.40. The van der Waals surface area contributed by atoms with E-state index in [1.807, 2.05) is 0 Å². The minimum absolute atomic E-state index is 0.0971. The third-order valence-corrected chi connectivity index (χ3v) is 4.96. The quantitative estimate of drug-likeness (QED) is 0.709. The number of H-pyrrole nitrogens is 1. The van der Waals surface area contributed by atoms with Crippen LogP contribution in [-0.4, -0.2) is 53.3 Å². The average molecular weight is 418 g/mol. The number of aromatic amines is 1. The van der Waals surface area contributed by atoms with E-state index in [4.69, 9.17) is 23.7 Å². The summed E-state index contributed by atoms with van der Waals surface area (Å²) in [4.78, 5) is 38.2. The van der Waals surface area contributed by atoms with E-state index in [1.54, 1.807) is 38.1 Å². The summed E-state index contributed by atoms with van der Waals surface area (Å²) >= 11 is 0. The Kier molecular flexibility index (Phi) is 5.22. The molecule has 160 valence electrons. The van der Waals surface area contributed by atoms with Crippen LogP contribution in [0, 0.1) is 0 Å². The van der Waals surface area contributed by atoms with Gasteiger partial charge in [-0.3, -0.25) is 14.3 Å². The fourth-order valence-electron chi connectivity index (χ4n) is 3.61. The lowest BCUT2D eigenvalue weighted by Crippen LogP contribution is -2.37. The summed E-state index contributed by atoms with van der Waals surface area (Å²) in [5.41, 5.74) is -0.780. The first kappa shape index (κ1) is 20.3. The van der Waals surface area contributed by atoms with Gasteiger partial charge in [0.2, 0.25) is 0 Å². The number of benzene rings is 1. The molecule has 2 aliphatic heterocycles. The Labute approximate surface area is 171 Å². The fourth-order valence-corrected chi connectivity index (χ4v) is 3.61.